The number of carboxylic acid groups (broad SMARTS) is 1. The van der Waals surface area contributed by atoms with Crippen molar-refractivity contribution in [1.82, 2.24) is 9.55 Å². The van der Waals surface area contributed by atoms with E-state index >= 15 is 0 Å². The Morgan fingerprint density at radius 2 is 2.19 bits per heavy atom. The van der Waals surface area contributed by atoms with Crippen molar-refractivity contribution in [2.24, 2.45) is 0 Å². The van der Waals surface area contributed by atoms with Gasteiger partial charge in [-0.15, -0.1) is 0 Å². The Balaban J connectivity index is 1.92. The molecule has 1 aliphatic rings. The molecule has 1 N–H and O–H groups in total. The molecule has 2 aromatic rings. The van der Waals surface area contributed by atoms with Crippen LogP contribution in [-0.4, -0.2) is 20.6 Å². The molecule has 0 unspecified atom stereocenters. The van der Waals surface area contributed by atoms with Crippen LogP contribution in [0.25, 0.3) is 0 Å². The molecule has 0 amide bonds. The topological polar surface area (TPSA) is 81.4 Å². The monoisotopic (exact) mass is 286 g/mol. The third-order valence-electron chi connectivity index (χ3n) is 3.41. The molecule has 1 fully saturated rings. The first-order chi connectivity index (χ1) is 10.1. The maximum Gasteiger partial charge on any atom is 0.335 e. The van der Waals surface area contributed by atoms with Crippen LogP contribution in [0.15, 0.2) is 35.4 Å². The van der Waals surface area contributed by atoms with Gasteiger partial charge in [-0.1, -0.05) is 0 Å². The number of benzene rings is 1. The molecule has 0 atom stereocenters. The molecule has 1 saturated carbocycles. The fourth-order valence-electron chi connectivity index (χ4n) is 2.12. The summed E-state index contributed by atoms with van der Waals surface area (Å²) in [6, 6.07) is 4.72. The Bertz CT molecular complexity index is 763. The lowest BCUT2D eigenvalue weighted by molar-refractivity contribution is 0.0697. The summed E-state index contributed by atoms with van der Waals surface area (Å²) in [4.78, 5) is 27.1. The fourth-order valence-corrected chi connectivity index (χ4v) is 2.12. The van der Waals surface area contributed by atoms with Crippen molar-refractivity contribution in [2.75, 3.05) is 0 Å². The van der Waals surface area contributed by atoms with E-state index in [2.05, 4.69) is 4.98 Å². The smallest absolute Gasteiger partial charge is 0.335 e. The molecule has 1 aliphatic carbocycles. The van der Waals surface area contributed by atoms with Crippen LogP contribution < -0.4 is 10.3 Å². The quantitative estimate of drug-likeness (QED) is 0.933. The number of rotatable bonds is 4. The van der Waals surface area contributed by atoms with Gasteiger partial charge >= 0.3 is 11.5 Å². The lowest BCUT2D eigenvalue weighted by atomic mass is 10.1. The highest BCUT2D eigenvalue weighted by molar-refractivity contribution is 5.88. The minimum atomic E-state index is -1.00. The van der Waals surface area contributed by atoms with Crippen molar-refractivity contribution < 1.29 is 14.6 Å². The van der Waals surface area contributed by atoms with Crippen LogP contribution in [0.1, 0.15) is 34.8 Å². The third kappa shape index (κ3) is 2.65. The molecule has 0 saturated heterocycles. The second kappa shape index (κ2) is 5.05. The first-order valence-electron chi connectivity index (χ1n) is 6.65. The zero-order chi connectivity index (χ0) is 15.0. The summed E-state index contributed by atoms with van der Waals surface area (Å²) in [6.07, 6.45) is 5.19. The predicted molar refractivity (Wildman–Crippen MR) is 75.0 cm³/mol. The minimum absolute atomic E-state index is 0.00979. The highest BCUT2D eigenvalue weighted by atomic mass is 16.5. The summed E-state index contributed by atoms with van der Waals surface area (Å²) in [5, 5.41) is 8.93. The van der Waals surface area contributed by atoms with E-state index in [9.17, 15) is 9.59 Å². The van der Waals surface area contributed by atoms with Crippen LogP contribution in [0.5, 0.6) is 11.6 Å². The van der Waals surface area contributed by atoms with E-state index in [1.54, 1.807) is 17.7 Å². The number of aromatic carboxylic acids is 1. The molecular formula is C15H14N2O4. The minimum Gasteiger partial charge on any atom is -0.478 e. The Kier molecular flexibility index (Phi) is 3.21. The van der Waals surface area contributed by atoms with Crippen molar-refractivity contribution in [1.29, 1.82) is 0 Å². The van der Waals surface area contributed by atoms with Gasteiger partial charge in [-0.2, -0.15) is 0 Å². The molecule has 108 valence electrons. The van der Waals surface area contributed by atoms with Crippen molar-refractivity contribution in [3.05, 3.63) is 52.1 Å². The summed E-state index contributed by atoms with van der Waals surface area (Å²) >= 11 is 0. The van der Waals surface area contributed by atoms with Crippen molar-refractivity contribution in [3.8, 4) is 11.6 Å². The Morgan fingerprint density at radius 1 is 1.43 bits per heavy atom. The molecule has 6 heteroatoms. The van der Waals surface area contributed by atoms with E-state index in [4.69, 9.17) is 9.84 Å². The van der Waals surface area contributed by atoms with E-state index < -0.39 is 5.97 Å². The number of hydrogen-bond donors (Lipinski definition) is 1. The molecule has 0 radical (unpaired) electrons. The second-order valence-electron chi connectivity index (χ2n) is 5.06. The molecule has 0 bridgehead atoms. The zero-order valence-electron chi connectivity index (χ0n) is 11.4. The van der Waals surface area contributed by atoms with Gasteiger partial charge in [-0.25, -0.2) is 9.78 Å². The number of carboxylic acids is 1. The van der Waals surface area contributed by atoms with Gasteiger partial charge in [0, 0.05) is 18.4 Å². The Hall–Kier alpha value is -2.63. The molecule has 3 rings (SSSR count). The zero-order valence-corrected chi connectivity index (χ0v) is 11.4. The molecule has 6 nitrogen and oxygen atoms in total. The van der Waals surface area contributed by atoms with E-state index in [0.29, 0.717) is 11.3 Å². The van der Waals surface area contributed by atoms with Crippen molar-refractivity contribution in [3.63, 3.8) is 0 Å². The van der Waals surface area contributed by atoms with Crippen LogP contribution in [0, 0.1) is 6.92 Å². The molecule has 0 aliphatic heterocycles. The second-order valence-corrected chi connectivity index (χ2v) is 5.06. The van der Waals surface area contributed by atoms with E-state index in [0.717, 1.165) is 12.8 Å². The molecule has 1 aromatic carbocycles. The summed E-state index contributed by atoms with van der Waals surface area (Å²) in [5.41, 5.74) is 0.552. The van der Waals surface area contributed by atoms with Gasteiger partial charge in [0.2, 0.25) is 0 Å². The maximum absolute atomic E-state index is 12.2. The summed E-state index contributed by atoms with van der Waals surface area (Å²) in [5.74, 6) is -0.563. The Labute approximate surface area is 120 Å². The van der Waals surface area contributed by atoms with Crippen LogP contribution in [0.3, 0.4) is 0 Å². The average Bonchev–Trinajstić information content (AvgIpc) is 3.27. The van der Waals surface area contributed by atoms with Crippen LogP contribution in [0.4, 0.5) is 0 Å². The van der Waals surface area contributed by atoms with Crippen LogP contribution >= 0.6 is 0 Å². The van der Waals surface area contributed by atoms with Gasteiger partial charge < -0.3 is 14.4 Å². The largest absolute Gasteiger partial charge is 0.478 e. The number of carbonyl (C=O) groups is 1. The summed E-state index contributed by atoms with van der Waals surface area (Å²) in [6.45, 7) is 1.73. The number of ether oxygens (including phenoxy) is 1. The predicted octanol–water partition coefficient (Wildman–Crippen LogP) is 2.38. The van der Waals surface area contributed by atoms with E-state index in [1.165, 1.54) is 24.4 Å². The summed E-state index contributed by atoms with van der Waals surface area (Å²) in [7, 11) is 0. The highest BCUT2D eigenvalue weighted by Gasteiger charge is 2.25. The van der Waals surface area contributed by atoms with Crippen LogP contribution in [0.2, 0.25) is 0 Å². The standard InChI is InChI=1S/C15H14N2O4/c1-9-8-10(15(19)20)2-5-12(9)21-13-14(18)17(7-6-16-13)11-3-4-11/h2,5-8,11H,3-4H2,1H3,(H,19,20). The molecule has 0 spiro atoms. The fraction of sp³-hybridized carbons (Fsp3) is 0.267. The first kappa shape index (κ1) is 13.4. The maximum atomic E-state index is 12.2. The lowest BCUT2D eigenvalue weighted by Crippen LogP contribution is -2.20. The lowest BCUT2D eigenvalue weighted by Gasteiger charge is -2.09. The molecule has 1 heterocycles. The number of aryl methyl sites for hydroxylation is 1. The van der Waals surface area contributed by atoms with Gasteiger partial charge in [0.25, 0.3) is 5.88 Å². The average molecular weight is 286 g/mol. The van der Waals surface area contributed by atoms with Crippen molar-refractivity contribution >= 4 is 5.97 Å². The molecular weight excluding hydrogens is 272 g/mol. The first-order valence-corrected chi connectivity index (χ1v) is 6.65. The number of aromatic nitrogens is 2. The number of nitrogens with zero attached hydrogens (tertiary/aromatic N) is 2. The number of hydrogen-bond acceptors (Lipinski definition) is 4. The SMILES string of the molecule is Cc1cc(C(=O)O)ccc1Oc1nccn(C2CC2)c1=O. The molecule has 1 aromatic heterocycles. The van der Waals surface area contributed by atoms with Gasteiger partial charge in [0.1, 0.15) is 5.75 Å². The van der Waals surface area contributed by atoms with Crippen LogP contribution in [-0.2, 0) is 0 Å². The molecule has 21 heavy (non-hydrogen) atoms. The normalized spacial score (nSPS) is 14.0. The van der Waals surface area contributed by atoms with Gasteiger partial charge in [-0.05, 0) is 43.5 Å². The van der Waals surface area contributed by atoms with Gasteiger partial charge in [0.15, 0.2) is 0 Å². The highest BCUT2D eigenvalue weighted by Crippen LogP contribution is 2.33. The van der Waals surface area contributed by atoms with Gasteiger partial charge in [0.05, 0.1) is 5.56 Å². The third-order valence-corrected chi connectivity index (χ3v) is 3.41. The van der Waals surface area contributed by atoms with E-state index in [-0.39, 0.29) is 23.0 Å². The van der Waals surface area contributed by atoms with E-state index in [1.807, 2.05) is 0 Å². The summed E-state index contributed by atoms with van der Waals surface area (Å²) < 4.78 is 7.18. The van der Waals surface area contributed by atoms with Gasteiger partial charge in [-0.3, -0.25) is 4.79 Å². The van der Waals surface area contributed by atoms with Crippen molar-refractivity contribution in [2.45, 2.75) is 25.8 Å². The Morgan fingerprint density at radius 3 is 2.81 bits per heavy atom.